The highest BCUT2D eigenvalue weighted by Gasteiger charge is 2.32. The first-order valence-corrected chi connectivity index (χ1v) is 11.9. The van der Waals surface area contributed by atoms with Crippen molar-refractivity contribution in [3.05, 3.63) is 60.1 Å². The summed E-state index contributed by atoms with van der Waals surface area (Å²) >= 11 is 0. The van der Waals surface area contributed by atoms with Crippen LogP contribution < -0.4 is 10.6 Å². The standard InChI is InChI=1S/C26H37N3O3/c1-20(2)18-22(28-26(31)24-14-9-17-32-24)19-29-16-8-13-23(29)25(30)27-15-7-6-12-21-10-4-3-5-11-21/h3-5,9-11,14,17,20,22-23H,6-8,12-13,15-16,18-19H2,1-2H3,(H,27,30)(H,28,31)/t22?,23-/m0/s1. The number of nitrogens with one attached hydrogen (secondary N) is 2. The smallest absolute Gasteiger partial charge is 0.287 e. The highest BCUT2D eigenvalue weighted by molar-refractivity contribution is 5.91. The second kappa shape index (κ2) is 12.4. The highest BCUT2D eigenvalue weighted by Crippen LogP contribution is 2.19. The van der Waals surface area contributed by atoms with Gasteiger partial charge < -0.3 is 15.1 Å². The molecule has 0 saturated carbocycles. The molecule has 1 aliphatic rings. The van der Waals surface area contributed by atoms with Crippen molar-refractivity contribution in [3.8, 4) is 0 Å². The number of likely N-dealkylation sites (tertiary alicyclic amines) is 1. The minimum atomic E-state index is -0.195. The van der Waals surface area contributed by atoms with E-state index in [1.165, 1.54) is 11.8 Å². The molecule has 2 amide bonds. The number of amides is 2. The topological polar surface area (TPSA) is 74.6 Å². The van der Waals surface area contributed by atoms with Crippen LogP contribution in [0, 0.1) is 5.92 Å². The molecule has 2 atom stereocenters. The van der Waals surface area contributed by atoms with E-state index in [1.54, 1.807) is 12.1 Å². The summed E-state index contributed by atoms with van der Waals surface area (Å²) in [5, 5.41) is 6.24. The van der Waals surface area contributed by atoms with Gasteiger partial charge in [0.15, 0.2) is 5.76 Å². The number of hydrogen-bond acceptors (Lipinski definition) is 4. The first kappa shape index (κ1) is 24.1. The van der Waals surface area contributed by atoms with Crippen molar-refractivity contribution in [3.63, 3.8) is 0 Å². The molecule has 2 aromatic rings. The van der Waals surface area contributed by atoms with Gasteiger partial charge in [0.25, 0.3) is 5.91 Å². The monoisotopic (exact) mass is 439 g/mol. The van der Waals surface area contributed by atoms with Crippen LogP contribution in [-0.2, 0) is 11.2 Å². The van der Waals surface area contributed by atoms with E-state index in [4.69, 9.17) is 4.42 Å². The van der Waals surface area contributed by atoms with E-state index in [9.17, 15) is 9.59 Å². The van der Waals surface area contributed by atoms with Crippen molar-refractivity contribution < 1.29 is 14.0 Å². The molecule has 0 bridgehead atoms. The number of unbranched alkanes of at least 4 members (excludes halogenated alkanes) is 1. The van der Waals surface area contributed by atoms with Gasteiger partial charge in [0.2, 0.25) is 5.91 Å². The SMILES string of the molecule is CC(C)CC(CN1CCC[C@H]1C(=O)NCCCCc1ccccc1)NC(=O)c1ccco1. The molecule has 2 heterocycles. The summed E-state index contributed by atoms with van der Waals surface area (Å²) < 4.78 is 5.23. The van der Waals surface area contributed by atoms with Gasteiger partial charge in [0.1, 0.15) is 0 Å². The van der Waals surface area contributed by atoms with Crippen molar-refractivity contribution in [1.29, 1.82) is 0 Å². The molecule has 6 nitrogen and oxygen atoms in total. The van der Waals surface area contributed by atoms with E-state index < -0.39 is 0 Å². The number of aryl methyl sites for hydroxylation is 1. The average molecular weight is 440 g/mol. The molecule has 0 aliphatic carbocycles. The van der Waals surface area contributed by atoms with E-state index in [2.05, 4.69) is 53.6 Å². The van der Waals surface area contributed by atoms with Gasteiger partial charge in [-0.2, -0.15) is 0 Å². The van der Waals surface area contributed by atoms with Gasteiger partial charge in [-0.3, -0.25) is 14.5 Å². The van der Waals surface area contributed by atoms with E-state index in [1.807, 2.05) is 6.07 Å². The van der Waals surface area contributed by atoms with Crippen molar-refractivity contribution in [2.75, 3.05) is 19.6 Å². The third kappa shape index (κ3) is 7.52. The van der Waals surface area contributed by atoms with Gasteiger partial charge in [-0.25, -0.2) is 0 Å². The quantitative estimate of drug-likeness (QED) is 0.490. The van der Waals surface area contributed by atoms with Crippen LogP contribution in [0.25, 0.3) is 0 Å². The van der Waals surface area contributed by atoms with Crippen LogP contribution in [0.15, 0.2) is 53.1 Å². The molecule has 3 rings (SSSR count). The van der Waals surface area contributed by atoms with E-state index in [-0.39, 0.29) is 23.9 Å². The van der Waals surface area contributed by atoms with E-state index in [0.29, 0.717) is 24.8 Å². The van der Waals surface area contributed by atoms with Gasteiger partial charge in [0, 0.05) is 19.1 Å². The second-order valence-corrected chi connectivity index (χ2v) is 9.16. The summed E-state index contributed by atoms with van der Waals surface area (Å²) in [6.07, 6.45) is 7.32. The molecule has 1 fully saturated rings. The molecule has 1 saturated heterocycles. The third-order valence-electron chi connectivity index (χ3n) is 5.99. The lowest BCUT2D eigenvalue weighted by atomic mass is 10.0. The van der Waals surface area contributed by atoms with Gasteiger partial charge in [-0.1, -0.05) is 44.2 Å². The fraction of sp³-hybridized carbons (Fsp3) is 0.538. The van der Waals surface area contributed by atoms with Crippen molar-refractivity contribution in [1.82, 2.24) is 15.5 Å². The molecular weight excluding hydrogens is 402 g/mol. The van der Waals surface area contributed by atoms with Crippen molar-refractivity contribution >= 4 is 11.8 Å². The number of benzene rings is 1. The van der Waals surface area contributed by atoms with Gasteiger partial charge in [0.05, 0.1) is 12.3 Å². The Morgan fingerprint density at radius 1 is 1.12 bits per heavy atom. The summed E-state index contributed by atoms with van der Waals surface area (Å²) in [6, 6.07) is 13.7. The van der Waals surface area contributed by atoms with Crippen molar-refractivity contribution in [2.24, 2.45) is 5.92 Å². The largest absolute Gasteiger partial charge is 0.459 e. The average Bonchev–Trinajstić information content (AvgIpc) is 3.46. The fourth-order valence-electron chi connectivity index (χ4n) is 4.47. The predicted molar refractivity (Wildman–Crippen MR) is 126 cm³/mol. The number of nitrogens with zero attached hydrogens (tertiary/aromatic N) is 1. The molecule has 1 aromatic carbocycles. The molecule has 32 heavy (non-hydrogen) atoms. The van der Waals surface area contributed by atoms with Gasteiger partial charge in [-0.15, -0.1) is 0 Å². The number of carbonyl (C=O) groups excluding carboxylic acids is 2. The summed E-state index contributed by atoms with van der Waals surface area (Å²) in [5.74, 6) is 0.684. The molecule has 6 heteroatoms. The summed E-state index contributed by atoms with van der Waals surface area (Å²) in [7, 11) is 0. The second-order valence-electron chi connectivity index (χ2n) is 9.16. The maximum Gasteiger partial charge on any atom is 0.287 e. The molecule has 1 aliphatic heterocycles. The Bertz CT molecular complexity index is 820. The molecule has 0 spiro atoms. The Kier molecular flexibility index (Phi) is 9.35. The number of rotatable bonds is 12. The number of furan rings is 1. The third-order valence-corrected chi connectivity index (χ3v) is 5.99. The minimum Gasteiger partial charge on any atom is -0.459 e. The Morgan fingerprint density at radius 2 is 1.94 bits per heavy atom. The Morgan fingerprint density at radius 3 is 2.66 bits per heavy atom. The molecule has 1 aromatic heterocycles. The van der Waals surface area contributed by atoms with E-state index in [0.717, 1.165) is 45.1 Å². The summed E-state index contributed by atoms with van der Waals surface area (Å²) in [6.45, 7) is 6.57. The highest BCUT2D eigenvalue weighted by atomic mass is 16.3. The lowest BCUT2D eigenvalue weighted by molar-refractivity contribution is -0.125. The van der Waals surface area contributed by atoms with Crippen LogP contribution in [0.2, 0.25) is 0 Å². The summed E-state index contributed by atoms with van der Waals surface area (Å²) in [4.78, 5) is 27.6. The number of hydrogen-bond donors (Lipinski definition) is 2. The Balaban J connectivity index is 1.45. The fourth-order valence-corrected chi connectivity index (χ4v) is 4.47. The van der Waals surface area contributed by atoms with Crippen LogP contribution in [0.5, 0.6) is 0 Å². The molecular formula is C26H37N3O3. The van der Waals surface area contributed by atoms with Crippen LogP contribution in [0.3, 0.4) is 0 Å². The Labute approximate surface area is 191 Å². The zero-order valence-corrected chi connectivity index (χ0v) is 19.4. The molecule has 2 N–H and O–H groups in total. The first-order valence-electron chi connectivity index (χ1n) is 11.9. The lowest BCUT2D eigenvalue weighted by Gasteiger charge is -2.29. The normalized spacial score (nSPS) is 17.4. The predicted octanol–water partition coefficient (Wildman–Crippen LogP) is 4.03. The maximum atomic E-state index is 12.8. The maximum absolute atomic E-state index is 12.8. The Hall–Kier alpha value is -2.60. The van der Waals surface area contributed by atoms with E-state index >= 15 is 0 Å². The van der Waals surface area contributed by atoms with Crippen LogP contribution in [0.4, 0.5) is 0 Å². The van der Waals surface area contributed by atoms with Crippen LogP contribution in [0.1, 0.15) is 62.1 Å². The zero-order chi connectivity index (χ0) is 22.8. The van der Waals surface area contributed by atoms with Crippen LogP contribution in [-0.4, -0.2) is 48.4 Å². The number of carbonyl (C=O) groups is 2. The lowest BCUT2D eigenvalue weighted by Crippen LogP contribution is -2.50. The first-order chi connectivity index (χ1) is 15.5. The minimum absolute atomic E-state index is 0.0214. The van der Waals surface area contributed by atoms with Gasteiger partial charge >= 0.3 is 0 Å². The van der Waals surface area contributed by atoms with Crippen LogP contribution >= 0.6 is 0 Å². The molecule has 0 radical (unpaired) electrons. The molecule has 174 valence electrons. The summed E-state index contributed by atoms with van der Waals surface area (Å²) in [5.41, 5.74) is 1.34. The van der Waals surface area contributed by atoms with Gasteiger partial charge in [-0.05, 0) is 68.7 Å². The molecule has 1 unspecified atom stereocenters. The van der Waals surface area contributed by atoms with Crippen molar-refractivity contribution in [2.45, 2.75) is 64.5 Å². The zero-order valence-electron chi connectivity index (χ0n) is 19.4.